The average molecular weight is 283 g/mol. The van der Waals surface area contributed by atoms with Gasteiger partial charge in [0, 0.05) is 24.5 Å². The van der Waals surface area contributed by atoms with Crippen molar-refractivity contribution < 1.29 is 19.1 Å². The Morgan fingerprint density at radius 2 is 2.21 bits per heavy atom. The second kappa shape index (κ2) is 6.06. The van der Waals surface area contributed by atoms with E-state index in [0.29, 0.717) is 23.7 Å². The number of piperidine rings is 1. The molecule has 1 aliphatic heterocycles. The van der Waals surface area contributed by atoms with E-state index in [4.69, 9.17) is 9.47 Å². The summed E-state index contributed by atoms with van der Waals surface area (Å²) in [5, 5.41) is 1.80. The molecule has 5 nitrogen and oxygen atoms in total. The number of nitrogens with zero attached hydrogens (tertiary/aromatic N) is 1. The minimum atomic E-state index is -0.235. The van der Waals surface area contributed by atoms with Crippen molar-refractivity contribution in [2.24, 2.45) is 5.92 Å². The number of thiophene rings is 1. The van der Waals surface area contributed by atoms with Gasteiger partial charge in [0.25, 0.3) is 5.91 Å². The van der Waals surface area contributed by atoms with Crippen LogP contribution in [0.2, 0.25) is 0 Å². The lowest BCUT2D eigenvalue weighted by molar-refractivity contribution is -0.146. The van der Waals surface area contributed by atoms with Crippen LogP contribution in [0.15, 0.2) is 11.4 Å². The highest BCUT2D eigenvalue weighted by Crippen LogP contribution is 2.25. The first kappa shape index (κ1) is 13.9. The number of esters is 1. The van der Waals surface area contributed by atoms with Crippen molar-refractivity contribution in [3.05, 3.63) is 16.3 Å². The van der Waals surface area contributed by atoms with E-state index < -0.39 is 0 Å². The first-order chi connectivity index (χ1) is 9.15. The van der Waals surface area contributed by atoms with Crippen LogP contribution in [-0.4, -0.2) is 44.1 Å². The van der Waals surface area contributed by atoms with Crippen LogP contribution in [0.3, 0.4) is 0 Å². The number of ether oxygens (including phenoxy) is 2. The quantitative estimate of drug-likeness (QED) is 0.794. The van der Waals surface area contributed by atoms with Crippen LogP contribution in [0.5, 0.6) is 5.75 Å². The monoisotopic (exact) mass is 283 g/mol. The minimum Gasteiger partial charge on any atom is -0.496 e. The molecule has 0 aliphatic carbocycles. The van der Waals surface area contributed by atoms with Crippen LogP contribution in [0.4, 0.5) is 0 Å². The molecule has 2 heterocycles. The van der Waals surface area contributed by atoms with Gasteiger partial charge >= 0.3 is 5.97 Å². The number of amides is 1. The highest BCUT2D eigenvalue weighted by molar-refractivity contribution is 7.12. The second-order valence-corrected chi connectivity index (χ2v) is 5.38. The summed E-state index contributed by atoms with van der Waals surface area (Å²) in [4.78, 5) is 26.2. The molecule has 1 fully saturated rings. The molecule has 19 heavy (non-hydrogen) atoms. The second-order valence-electron chi connectivity index (χ2n) is 4.46. The van der Waals surface area contributed by atoms with Gasteiger partial charge in [-0.25, -0.2) is 0 Å². The molecular weight excluding hydrogens is 266 g/mol. The maximum absolute atomic E-state index is 12.3. The molecule has 0 aromatic carbocycles. The van der Waals surface area contributed by atoms with Crippen molar-refractivity contribution in [1.29, 1.82) is 0 Å². The highest BCUT2D eigenvalue weighted by atomic mass is 32.1. The van der Waals surface area contributed by atoms with Gasteiger partial charge in [0.15, 0.2) is 0 Å². The lowest BCUT2D eigenvalue weighted by Gasteiger charge is -2.30. The Morgan fingerprint density at radius 1 is 1.42 bits per heavy atom. The molecule has 0 N–H and O–H groups in total. The van der Waals surface area contributed by atoms with Crippen molar-refractivity contribution in [3.63, 3.8) is 0 Å². The summed E-state index contributed by atoms with van der Waals surface area (Å²) in [5.74, 6) is 0.211. The van der Waals surface area contributed by atoms with Gasteiger partial charge in [0.1, 0.15) is 5.75 Å². The smallest absolute Gasteiger partial charge is 0.310 e. The lowest BCUT2D eigenvalue weighted by Crippen LogP contribution is -2.42. The molecule has 1 aliphatic rings. The fraction of sp³-hybridized carbons (Fsp3) is 0.538. The Hall–Kier alpha value is -1.56. The largest absolute Gasteiger partial charge is 0.496 e. The molecule has 0 spiro atoms. The Bertz CT molecular complexity index is 471. The number of hydrogen-bond acceptors (Lipinski definition) is 5. The summed E-state index contributed by atoms with van der Waals surface area (Å²) >= 11 is 1.36. The van der Waals surface area contributed by atoms with Crippen LogP contribution in [0.1, 0.15) is 22.5 Å². The summed E-state index contributed by atoms with van der Waals surface area (Å²) in [6.45, 7) is 1.12. The van der Waals surface area contributed by atoms with E-state index in [0.717, 1.165) is 12.8 Å². The van der Waals surface area contributed by atoms with Crippen LogP contribution >= 0.6 is 11.3 Å². The zero-order chi connectivity index (χ0) is 13.8. The first-order valence-electron chi connectivity index (χ1n) is 6.15. The van der Waals surface area contributed by atoms with Gasteiger partial charge in [-0.15, -0.1) is 11.3 Å². The molecule has 1 unspecified atom stereocenters. The summed E-state index contributed by atoms with van der Waals surface area (Å²) in [5.41, 5.74) is 0. The molecule has 0 radical (unpaired) electrons. The molecule has 0 bridgehead atoms. The van der Waals surface area contributed by atoms with Gasteiger partial charge in [-0.3, -0.25) is 9.59 Å². The van der Waals surface area contributed by atoms with Gasteiger partial charge < -0.3 is 14.4 Å². The number of carbonyl (C=O) groups excluding carboxylic acids is 2. The molecule has 6 heteroatoms. The zero-order valence-electron chi connectivity index (χ0n) is 11.0. The van der Waals surface area contributed by atoms with Crippen molar-refractivity contribution in [3.8, 4) is 5.75 Å². The molecule has 2 rings (SSSR count). The molecule has 1 saturated heterocycles. The molecule has 1 aromatic rings. The number of rotatable bonds is 3. The molecule has 1 atom stereocenters. The van der Waals surface area contributed by atoms with Crippen LogP contribution < -0.4 is 4.74 Å². The fourth-order valence-corrected chi connectivity index (χ4v) is 3.04. The van der Waals surface area contributed by atoms with Gasteiger partial charge in [-0.2, -0.15) is 0 Å². The number of methoxy groups -OCH3 is 2. The van der Waals surface area contributed by atoms with Crippen LogP contribution in [0.25, 0.3) is 0 Å². The van der Waals surface area contributed by atoms with E-state index in [2.05, 4.69) is 0 Å². The Balaban J connectivity index is 2.04. The lowest BCUT2D eigenvalue weighted by atomic mass is 9.98. The van der Waals surface area contributed by atoms with Crippen LogP contribution in [0, 0.1) is 5.92 Å². The van der Waals surface area contributed by atoms with Crippen molar-refractivity contribution >= 4 is 23.2 Å². The summed E-state index contributed by atoms with van der Waals surface area (Å²) in [6.07, 6.45) is 1.61. The molecule has 104 valence electrons. The predicted molar refractivity (Wildman–Crippen MR) is 71.5 cm³/mol. The van der Waals surface area contributed by atoms with E-state index in [-0.39, 0.29) is 17.8 Å². The molecule has 1 amide bonds. The third-order valence-corrected chi connectivity index (χ3v) is 4.16. The third-order valence-electron chi connectivity index (χ3n) is 3.27. The minimum absolute atomic E-state index is 0.0399. The Labute approximate surface area is 116 Å². The van der Waals surface area contributed by atoms with Crippen molar-refractivity contribution in [1.82, 2.24) is 4.90 Å². The predicted octanol–water partition coefficient (Wildman–Crippen LogP) is 1.78. The van der Waals surface area contributed by atoms with Gasteiger partial charge in [-0.1, -0.05) is 0 Å². The molecule has 1 aromatic heterocycles. The highest BCUT2D eigenvalue weighted by Gasteiger charge is 2.30. The zero-order valence-corrected chi connectivity index (χ0v) is 11.9. The van der Waals surface area contributed by atoms with Crippen molar-refractivity contribution in [2.45, 2.75) is 12.8 Å². The number of carbonyl (C=O) groups is 2. The Kier molecular flexibility index (Phi) is 4.42. The maximum Gasteiger partial charge on any atom is 0.310 e. The number of hydrogen-bond donors (Lipinski definition) is 0. The summed E-state index contributed by atoms with van der Waals surface area (Å²) < 4.78 is 9.83. The third kappa shape index (κ3) is 3.07. The SMILES string of the molecule is COC(=O)C1CCCN(C(=O)c2cc(OC)cs2)C1. The van der Waals surface area contributed by atoms with Crippen LogP contribution in [-0.2, 0) is 9.53 Å². The summed E-state index contributed by atoms with van der Waals surface area (Å²) in [7, 11) is 2.96. The van der Waals surface area contributed by atoms with E-state index in [9.17, 15) is 9.59 Å². The standard InChI is InChI=1S/C13H17NO4S/c1-17-10-6-11(19-8-10)12(15)14-5-3-4-9(7-14)13(16)18-2/h6,8-9H,3-5,7H2,1-2H3. The Morgan fingerprint density at radius 3 is 2.84 bits per heavy atom. The van der Waals surface area contributed by atoms with Gasteiger partial charge in [-0.05, 0) is 12.8 Å². The van der Waals surface area contributed by atoms with E-state index in [1.165, 1.54) is 18.4 Å². The normalized spacial score (nSPS) is 19.1. The van der Waals surface area contributed by atoms with E-state index in [1.807, 2.05) is 0 Å². The topological polar surface area (TPSA) is 55.8 Å². The van der Waals surface area contributed by atoms with Gasteiger partial charge in [0.2, 0.25) is 0 Å². The maximum atomic E-state index is 12.3. The first-order valence-corrected chi connectivity index (χ1v) is 7.03. The van der Waals surface area contributed by atoms with E-state index in [1.54, 1.807) is 23.5 Å². The van der Waals surface area contributed by atoms with Crippen molar-refractivity contribution in [2.75, 3.05) is 27.3 Å². The van der Waals surface area contributed by atoms with Gasteiger partial charge in [0.05, 0.1) is 25.0 Å². The molecular formula is C13H17NO4S. The number of likely N-dealkylation sites (tertiary alicyclic amines) is 1. The average Bonchev–Trinajstić information content (AvgIpc) is 2.94. The van der Waals surface area contributed by atoms with E-state index >= 15 is 0 Å². The fourth-order valence-electron chi connectivity index (χ4n) is 2.21. The summed E-state index contributed by atoms with van der Waals surface area (Å²) in [6, 6.07) is 1.73. The molecule has 0 saturated carbocycles.